The topological polar surface area (TPSA) is 35.5 Å². The minimum Gasteiger partial charge on any atom is -0.422 e. The number of ether oxygens (including phenoxy) is 2. The zero-order valence-electron chi connectivity index (χ0n) is 8.78. The number of rotatable bonds is 4. The van der Waals surface area contributed by atoms with Crippen LogP contribution in [-0.2, 0) is 29.0 Å². The summed E-state index contributed by atoms with van der Waals surface area (Å²) in [6.45, 7) is 1.90. The van der Waals surface area contributed by atoms with Crippen LogP contribution in [0.3, 0.4) is 0 Å². The third-order valence-electron chi connectivity index (χ3n) is 1.52. The van der Waals surface area contributed by atoms with E-state index in [9.17, 15) is 4.79 Å². The zero-order chi connectivity index (χ0) is 11.3. The van der Waals surface area contributed by atoms with Gasteiger partial charge in [0.15, 0.2) is 0 Å². The van der Waals surface area contributed by atoms with Gasteiger partial charge in [-0.2, -0.15) is 0 Å². The Morgan fingerprint density at radius 1 is 1.31 bits per heavy atom. The molecule has 6 heteroatoms. The van der Waals surface area contributed by atoms with E-state index in [0.717, 1.165) is 0 Å². The molecule has 0 fully saturated rings. The smallest absolute Gasteiger partial charge is 0.376 e. The van der Waals surface area contributed by atoms with E-state index in [1.807, 2.05) is 0 Å². The third kappa shape index (κ3) is 4.79. The van der Waals surface area contributed by atoms with E-state index in [1.54, 1.807) is 37.3 Å². The van der Waals surface area contributed by atoms with Gasteiger partial charge in [-0.05, 0) is 19.1 Å². The maximum absolute atomic E-state index is 11.4. The van der Waals surface area contributed by atoms with E-state index < -0.39 is 10.5 Å². The summed E-state index contributed by atoms with van der Waals surface area (Å²) in [7, 11) is 0. The first-order valence-electron chi connectivity index (χ1n) is 4.35. The number of hydrogen-bond donors (Lipinski definition) is 0. The van der Waals surface area contributed by atoms with E-state index in [1.165, 1.54) is 0 Å². The van der Waals surface area contributed by atoms with Crippen molar-refractivity contribution in [1.82, 2.24) is 0 Å². The molecule has 0 saturated carbocycles. The van der Waals surface area contributed by atoms with Crippen molar-refractivity contribution in [3.05, 3.63) is 30.3 Å². The molecule has 0 aliphatic carbocycles. The number of esters is 1. The molecule has 0 atom stereocenters. The molecule has 0 amide bonds. The fraction of sp³-hybridized carbons (Fsp3) is 0.300. The summed E-state index contributed by atoms with van der Waals surface area (Å²) < 4.78 is 7.77. The van der Waals surface area contributed by atoms with Crippen molar-refractivity contribution < 1.29 is 33.7 Å². The number of carbonyl (C=O) groups is 1. The number of alkyl halides is 2. The van der Waals surface area contributed by atoms with Gasteiger partial charge in [-0.25, -0.2) is 4.79 Å². The molecule has 0 aromatic heterocycles. The summed E-state index contributed by atoms with van der Waals surface area (Å²) in [4.78, 5) is 11.4. The molecule has 0 heterocycles. The van der Waals surface area contributed by atoms with Crippen LogP contribution in [0.15, 0.2) is 30.3 Å². The summed E-state index contributed by atoms with van der Waals surface area (Å²) in [5.41, 5.74) is 0. The van der Waals surface area contributed by atoms with E-state index >= 15 is 0 Å². The van der Waals surface area contributed by atoms with Crippen LogP contribution in [-0.4, -0.2) is 17.1 Å². The van der Waals surface area contributed by atoms with Crippen LogP contribution >= 0.6 is 23.2 Å². The molecule has 16 heavy (non-hydrogen) atoms. The molecule has 1 aromatic carbocycles. The number of hydrogen-bond acceptors (Lipinski definition) is 3. The number of para-hydroxylation sites is 1. The Morgan fingerprint density at radius 3 is 2.38 bits per heavy atom. The summed E-state index contributed by atoms with van der Waals surface area (Å²) in [5.74, 6) is -0.480. The van der Waals surface area contributed by atoms with Crippen molar-refractivity contribution in [1.29, 1.82) is 0 Å². The Hall–Kier alpha value is -0.147. The molecule has 0 saturated heterocycles. The fourth-order valence-corrected chi connectivity index (χ4v) is 1.19. The summed E-state index contributed by atoms with van der Waals surface area (Å²) in [6, 6.07) is 8.50. The minimum absolute atomic E-state index is 0. The molecule has 3 nitrogen and oxygen atoms in total. The van der Waals surface area contributed by atoms with E-state index in [0.29, 0.717) is 5.75 Å². The van der Waals surface area contributed by atoms with Gasteiger partial charge in [0.25, 0.3) is 0 Å². The van der Waals surface area contributed by atoms with Crippen molar-refractivity contribution in [3.8, 4) is 5.75 Å². The average Bonchev–Trinajstić information content (AvgIpc) is 2.19. The molecule has 0 aliphatic rings. The summed E-state index contributed by atoms with van der Waals surface area (Å²) >= 11 is 11.2. The van der Waals surface area contributed by atoms with Crippen LogP contribution in [0.25, 0.3) is 0 Å². The predicted octanol–water partition coefficient (Wildman–Crippen LogP) is 2.76. The molecule has 0 radical (unpaired) electrons. The van der Waals surface area contributed by atoms with Crippen LogP contribution in [0.2, 0.25) is 0 Å². The van der Waals surface area contributed by atoms with Gasteiger partial charge < -0.3 is 9.47 Å². The van der Waals surface area contributed by atoms with Gasteiger partial charge >= 0.3 is 10.5 Å². The third-order valence-corrected chi connectivity index (χ3v) is 2.04. The monoisotopic (exact) mass is 312 g/mol. The molecular formula is C10H10Cl2O3Zn. The van der Waals surface area contributed by atoms with Crippen LogP contribution in [0.4, 0.5) is 0 Å². The van der Waals surface area contributed by atoms with E-state index in [2.05, 4.69) is 0 Å². The maximum Gasteiger partial charge on any atom is 0.376 e. The molecule has 0 aliphatic heterocycles. The Balaban J connectivity index is 0.00000225. The van der Waals surface area contributed by atoms with Gasteiger partial charge in [0.1, 0.15) is 5.75 Å². The van der Waals surface area contributed by atoms with Crippen molar-refractivity contribution in [2.24, 2.45) is 0 Å². The Morgan fingerprint density at radius 2 is 1.88 bits per heavy atom. The molecule has 0 spiro atoms. The Kier molecular flexibility index (Phi) is 7.17. The van der Waals surface area contributed by atoms with Crippen molar-refractivity contribution in [2.75, 3.05) is 6.61 Å². The number of benzene rings is 1. The summed E-state index contributed by atoms with van der Waals surface area (Å²) in [6.07, 6.45) is 0. The molecule has 0 bridgehead atoms. The maximum atomic E-state index is 11.4. The van der Waals surface area contributed by atoms with Gasteiger partial charge in [-0.3, -0.25) is 0 Å². The Labute approximate surface area is 117 Å². The molecule has 0 unspecified atom stereocenters. The van der Waals surface area contributed by atoms with Crippen LogP contribution in [0.5, 0.6) is 5.75 Å². The van der Waals surface area contributed by atoms with Gasteiger partial charge in [0.2, 0.25) is 0 Å². The first kappa shape index (κ1) is 15.9. The average molecular weight is 314 g/mol. The SMILES string of the molecule is CCOC(Cl)(Cl)C(=O)Oc1ccccc1.[Zn]. The quantitative estimate of drug-likeness (QED) is 0.371. The van der Waals surface area contributed by atoms with Crippen LogP contribution < -0.4 is 4.74 Å². The first-order chi connectivity index (χ1) is 7.06. The second-order valence-corrected chi connectivity index (χ2v) is 3.91. The second-order valence-electron chi connectivity index (χ2n) is 2.65. The Bertz CT molecular complexity index is 330. The largest absolute Gasteiger partial charge is 0.422 e. The predicted molar refractivity (Wildman–Crippen MR) is 58.1 cm³/mol. The normalized spacial score (nSPS) is 10.4. The van der Waals surface area contributed by atoms with Crippen LogP contribution in [0, 0.1) is 0 Å². The molecule has 84 valence electrons. The van der Waals surface area contributed by atoms with E-state index in [4.69, 9.17) is 32.7 Å². The number of carbonyl (C=O) groups excluding carboxylic acids is 1. The van der Waals surface area contributed by atoms with Gasteiger partial charge in [0.05, 0.1) is 0 Å². The second kappa shape index (κ2) is 7.23. The van der Waals surface area contributed by atoms with Crippen LogP contribution in [0.1, 0.15) is 6.92 Å². The fourth-order valence-electron chi connectivity index (χ4n) is 0.895. The number of halogens is 2. The molecule has 1 aromatic rings. The molecular weight excluding hydrogens is 304 g/mol. The van der Waals surface area contributed by atoms with Crippen molar-refractivity contribution >= 4 is 29.2 Å². The summed E-state index contributed by atoms with van der Waals surface area (Å²) in [5, 5.41) is 0. The molecule has 0 N–H and O–H groups in total. The van der Waals surface area contributed by atoms with Crippen molar-refractivity contribution in [2.45, 2.75) is 11.4 Å². The first-order valence-corrected chi connectivity index (χ1v) is 5.11. The van der Waals surface area contributed by atoms with Gasteiger partial charge in [-0.15, -0.1) is 0 Å². The zero-order valence-corrected chi connectivity index (χ0v) is 13.3. The minimum atomic E-state index is -1.95. The van der Waals surface area contributed by atoms with Gasteiger partial charge in [-0.1, -0.05) is 41.4 Å². The van der Waals surface area contributed by atoms with Gasteiger partial charge in [0, 0.05) is 26.1 Å². The van der Waals surface area contributed by atoms with E-state index in [-0.39, 0.29) is 26.1 Å². The molecule has 1 rings (SSSR count). The van der Waals surface area contributed by atoms with Crippen molar-refractivity contribution in [3.63, 3.8) is 0 Å². The standard InChI is InChI=1S/C10H10Cl2O3.Zn/c1-2-14-10(11,12)9(13)15-8-6-4-3-5-7-8;/h3-7H,2H2,1H3;.